The monoisotopic (exact) mass is 668 g/mol. The Bertz CT molecular complexity index is 440. The predicted octanol–water partition coefficient (Wildman–Crippen LogP) is 2.53. The second-order valence-electron chi connectivity index (χ2n) is 3.21. The second-order valence-corrected chi connectivity index (χ2v) is 3.21. The fourth-order valence-corrected chi connectivity index (χ4v) is 0. The summed E-state index contributed by atoms with van der Waals surface area (Å²) in [6.07, 6.45) is -20.3. The largest absolute Gasteiger partial charge is 0.490 e. The van der Waals surface area contributed by atoms with E-state index in [1.165, 1.54) is 0 Å². The summed E-state index contributed by atoms with van der Waals surface area (Å²) in [6.45, 7) is 0. The number of halogens is 12. The van der Waals surface area contributed by atoms with Crippen LogP contribution < -0.4 is 0 Å². The summed E-state index contributed by atoms with van der Waals surface area (Å²) in [5.41, 5.74) is 0. The molecule has 0 aliphatic rings. The minimum absolute atomic E-state index is 0. The Labute approximate surface area is 182 Å². The van der Waals surface area contributed by atoms with E-state index in [1.807, 2.05) is 0 Å². The summed E-state index contributed by atoms with van der Waals surface area (Å²) in [4.78, 5) is 35.6. The zero-order valence-corrected chi connectivity index (χ0v) is 15.7. The number of alkyl halides is 12. The van der Waals surface area contributed by atoms with Crippen molar-refractivity contribution in [3.8, 4) is 0 Å². The molecule has 4 N–H and O–H groups in total. The van der Waals surface area contributed by atoms with Crippen LogP contribution >= 0.6 is 0 Å². The first kappa shape index (κ1) is 42.5. The number of carbonyl (C=O) groups is 4. The molecule has 0 spiro atoms. The van der Waals surface area contributed by atoms with E-state index in [2.05, 4.69) is 0 Å². The fraction of sp³-hybridized carbons (Fsp3) is 0.500. The van der Waals surface area contributed by atoms with Gasteiger partial charge in [-0.1, -0.05) is 0 Å². The van der Waals surface area contributed by atoms with Crippen molar-refractivity contribution in [2.24, 2.45) is 0 Å². The molecule has 0 unspecified atom stereocenters. The third-order valence-electron chi connectivity index (χ3n) is 0.970. The van der Waals surface area contributed by atoms with Crippen LogP contribution in [0.2, 0.25) is 0 Å². The molecule has 0 saturated heterocycles. The summed E-state index contributed by atoms with van der Waals surface area (Å²) < 4.78 is 127. The molecule has 0 fully saturated rings. The van der Waals surface area contributed by atoms with Crippen molar-refractivity contribution >= 4 is 23.9 Å². The molecule has 0 aliphatic heterocycles. The Morgan fingerprint density at radius 2 is 0.400 bits per heavy atom. The number of hydrogen-bond donors (Lipinski definition) is 4. The van der Waals surface area contributed by atoms with Crippen LogP contribution in [0.15, 0.2) is 0 Å². The second kappa shape index (κ2) is 16.1. The van der Waals surface area contributed by atoms with Crippen LogP contribution in [0.3, 0.4) is 0 Å². The number of carboxylic acids is 4. The van der Waals surface area contributed by atoms with E-state index >= 15 is 0 Å². The Kier molecular flexibility index (Phi) is 22.8. The molecule has 0 aromatic heterocycles. The van der Waals surface area contributed by atoms with Crippen molar-refractivity contribution in [1.29, 1.82) is 0 Å². The van der Waals surface area contributed by atoms with Crippen molar-refractivity contribution in [1.82, 2.24) is 0 Å². The third-order valence-corrected chi connectivity index (χ3v) is 0.970. The Balaban J connectivity index is -0.0000000626. The zero-order valence-electron chi connectivity index (χ0n) is 12.6. The first-order chi connectivity index (χ1) is 11.8. The van der Waals surface area contributed by atoms with Crippen LogP contribution in [0.25, 0.3) is 0 Å². The molecule has 0 bridgehead atoms. The van der Waals surface area contributed by atoms with Crippen LogP contribution in [0.1, 0.15) is 0 Å². The van der Waals surface area contributed by atoms with E-state index in [-0.39, 0.29) is 40.8 Å². The van der Waals surface area contributed by atoms with E-state index in [0.717, 1.165) is 0 Å². The molecule has 0 atom stereocenters. The molecule has 0 amide bonds. The minimum atomic E-state index is -5.08. The van der Waals surface area contributed by atoms with Crippen LogP contribution in [0.4, 0.5) is 52.7 Å². The van der Waals surface area contributed by atoms with Crippen LogP contribution in [-0.4, -0.2) is 69.0 Å². The van der Waals surface area contributed by atoms with Gasteiger partial charge in [0.2, 0.25) is 0 Å². The maximum absolute atomic E-state index is 10.6. The molecule has 0 heterocycles. The molecule has 8 nitrogen and oxygen atoms in total. The molecular formula is C8H4F12O8Pd2. The molecule has 0 aromatic carbocycles. The summed E-state index contributed by atoms with van der Waals surface area (Å²) in [5.74, 6) is -11.0. The Hall–Kier alpha value is -1.64. The standard InChI is InChI=1S/4C2HF3O2.2Pd/c4*3-2(4,5)1(6)7;;/h4*(H,6,7);;. The van der Waals surface area contributed by atoms with E-state index in [9.17, 15) is 52.7 Å². The topological polar surface area (TPSA) is 149 Å². The zero-order chi connectivity index (χ0) is 24.3. The van der Waals surface area contributed by atoms with Crippen molar-refractivity contribution in [3.63, 3.8) is 0 Å². The summed E-state index contributed by atoms with van der Waals surface area (Å²) >= 11 is 0. The van der Waals surface area contributed by atoms with Crippen LogP contribution in [-0.2, 0) is 60.0 Å². The van der Waals surface area contributed by atoms with E-state index < -0.39 is 48.6 Å². The van der Waals surface area contributed by atoms with Crippen molar-refractivity contribution in [2.45, 2.75) is 24.7 Å². The molecule has 0 saturated carbocycles. The summed E-state index contributed by atoms with van der Waals surface area (Å²) in [5, 5.41) is 28.5. The molecule has 0 aromatic rings. The maximum atomic E-state index is 10.6. The summed E-state index contributed by atoms with van der Waals surface area (Å²) in [7, 11) is 0. The van der Waals surface area contributed by atoms with Crippen molar-refractivity contribution in [3.05, 3.63) is 0 Å². The molecular weight excluding hydrogens is 665 g/mol. The van der Waals surface area contributed by atoms with Gasteiger partial charge in [-0.3, -0.25) is 0 Å². The van der Waals surface area contributed by atoms with E-state index in [0.29, 0.717) is 0 Å². The Morgan fingerprint density at radius 3 is 0.400 bits per heavy atom. The molecule has 0 rings (SSSR count). The molecule has 30 heavy (non-hydrogen) atoms. The SMILES string of the molecule is O=C(O)C(F)(F)F.O=C(O)C(F)(F)F.O=C(O)C(F)(F)F.O=C(O)C(F)(F)F.[Pd].[Pd]. The number of rotatable bonds is 0. The molecule has 0 radical (unpaired) electrons. The average molecular weight is 669 g/mol. The van der Waals surface area contributed by atoms with E-state index in [4.69, 9.17) is 39.6 Å². The fourth-order valence-electron chi connectivity index (χ4n) is 0. The van der Waals surface area contributed by atoms with Gasteiger partial charge in [-0.15, -0.1) is 0 Å². The van der Waals surface area contributed by atoms with E-state index in [1.54, 1.807) is 0 Å². The van der Waals surface area contributed by atoms with Crippen molar-refractivity contribution in [2.75, 3.05) is 0 Å². The summed E-state index contributed by atoms with van der Waals surface area (Å²) in [6, 6.07) is 0. The number of aliphatic carboxylic acids is 4. The third kappa shape index (κ3) is 33.9. The maximum Gasteiger partial charge on any atom is 0.490 e. The van der Waals surface area contributed by atoms with Crippen LogP contribution in [0.5, 0.6) is 0 Å². The van der Waals surface area contributed by atoms with Gasteiger partial charge in [-0.25, -0.2) is 19.2 Å². The van der Waals surface area contributed by atoms with Gasteiger partial charge in [0.1, 0.15) is 0 Å². The minimum Gasteiger partial charge on any atom is -0.475 e. The van der Waals surface area contributed by atoms with Gasteiger partial charge in [0.15, 0.2) is 0 Å². The Morgan fingerprint density at radius 1 is 0.367 bits per heavy atom. The quantitative estimate of drug-likeness (QED) is 0.227. The average Bonchev–Trinajstić information content (AvgIpc) is 2.35. The smallest absolute Gasteiger partial charge is 0.475 e. The van der Waals surface area contributed by atoms with Crippen molar-refractivity contribution < 1.29 is 133 Å². The first-order valence-corrected chi connectivity index (χ1v) is 4.98. The first-order valence-electron chi connectivity index (χ1n) is 4.98. The predicted molar refractivity (Wildman–Crippen MR) is 54.8 cm³/mol. The van der Waals surface area contributed by atoms with Gasteiger partial charge in [0, 0.05) is 40.8 Å². The number of carboxylic acid groups (broad SMARTS) is 4. The van der Waals surface area contributed by atoms with Gasteiger partial charge >= 0.3 is 48.6 Å². The van der Waals surface area contributed by atoms with Gasteiger partial charge in [-0.2, -0.15) is 52.7 Å². The molecule has 22 heteroatoms. The van der Waals surface area contributed by atoms with Gasteiger partial charge < -0.3 is 20.4 Å². The van der Waals surface area contributed by atoms with Gasteiger partial charge in [0.05, 0.1) is 0 Å². The number of hydrogen-bond acceptors (Lipinski definition) is 4. The van der Waals surface area contributed by atoms with Crippen LogP contribution in [0, 0.1) is 0 Å². The molecule has 188 valence electrons. The van der Waals surface area contributed by atoms with Gasteiger partial charge in [0.25, 0.3) is 0 Å². The van der Waals surface area contributed by atoms with Gasteiger partial charge in [-0.05, 0) is 0 Å². The normalized spacial score (nSPS) is 10.5. The molecule has 0 aliphatic carbocycles.